The Morgan fingerprint density at radius 3 is 2.48 bits per heavy atom. The molecule has 164 valence electrons. The van der Waals surface area contributed by atoms with Gasteiger partial charge in [-0.2, -0.15) is 0 Å². The Balaban J connectivity index is 1.48. The third kappa shape index (κ3) is 4.77. The van der Waals surface area contributed by atoms with Crippen LogP contribution >= 0.6 is 11.6 Å². The van der Waals surface area contributed by atoms with Crippen molar-refractivity contribution in [2.24, 2.45) is 0 Å². The number of aryl methyl sites for hydroxylation is 1. The van der Waals surface area contributed by atoms with Crippen LogP contribution in [0.4, 0.5) is 15.9 Å². The summed E-state index contributed by atoms with van der Waals surface area (Å²) in [6.45, 7) is 2.07. The third-order valence-electron chi connectivity index (χ3n) is 5.82. The van der Waals surface area contributed by atoms with Gasteiger partial charge in [0.05, 0.1) is 22.5 Å². The second kappa shape index (κ2) is 8.63. The second-order valence-corrected chi connectivity index (χ2v) is 10.4. The standard InChI is InChI=1S/C23H25ClFN3O2S/c1-15-13-23(27-22-6-4-3-5-19(15)22)26-16-7-9-17(10-8-16)28(31(2,29)30)18-11-12-21(25)20(24)14-18/h3-6,11-14,16-17H,7-10H2,1-2H3,(H,26,27). The number of halogens is 2. The van der Waals surface area contributed by atoms with Crippen LogP contribution in [0.5, 0.6) is 0 Å². The van der Waals surface area contributed by atoms with E-state index < -0.39 is 15.8 Å². The summed E-state index contributed by atoms with van der Waals surface area (Å²) in [5, 5.41) is 4.57. The zero-order chi connectivity index (χ0) is 22.2. The molecule has 0 spiro atoms. The minimum Gasteiger partial charge on any atom is -0.367 e. The van der Waals surface area contributed by atoms with E-state index >= 15 is 0 Å². The number of para-hydroxylation sites is 1. The quantitative estimate of drug-likeness (QED) is 0.543. The van der Waals surface area contributed by atoms with E-state index in [0.717, 1.165) is 29.6 Å². The molecule has 1 aliphatic rings. The fourth-order valence-corrected chi connectivity index (χ4v) is 5.81. The monoisotopic (exact) mass is 461 g/mol. The van der Waals surface area contributed by atoms with Gasteiger partial charge in [-0.05, 0) is 68.5 Å². The molecule has 1 aromatic heterocycles. The van der Waals surface area contributed by atoms with Crippen molar-refractivity contribution >= 4 is 44.0 Å². The first kappa shape index (κ1) is 21.8. The molecule has 31 heavy (non-hydrogen) atoms. The van der Waals surface area contributed by atoms with Crippen molar-refractivity contribution in [2.45, 2.75) is 44.7 Å². The van der Waals surface area contributed by atoms with Crippen LogP contribution < -0.4 is 9.62 Å². The van der Waals surface area contributed by atoms with Gasteiger partial charge in [-0.25, -0.2) is 17.8 Å². The Morgan fingerprint density at radius 2 is 1.81 bits per heavy atom. The normalized spacial score (nSPS) is 19.4. The zero-order valence-electron chi connectivity index (χ0n) is 17.5. The minimum atomic E-state index is -3.53. The average molecular weight is 462 g/mol. The van der Waals surface area contributed by atoms with Crippen LogP contribution in [0.1, 0.15) is 31.2 Å². The Kier molecular flexibility index (Phi) is 6.08. The van der Waals surface area contributed by atoms with Gasteiger partial charge in [0.25, 0.3) is 0 Å². The predicted molar refractivity (Wildman–Crippen MR) is 125 cm³/mol. The van der Waals surface area contributed by atoms with Crippen LogP contribution in [0.25, 0.3) is 10.9 Å². The zero-order valence-corrected chi connectivity index (χ0v) is 19.0. The SMILES string of the molecule is Cc1cc(NC2CCC(N(c3ccc(F)c(Cl)c3)S(C)(=O)=O)CC2)nc2ccccc12. The van der Waals surface area contributed by atoms with E-state index in [2.05, 4.69) is 24.4 Å². The molecule has 0 amide bonds. The molecule has 0 bridgehead atoms. The van der Waals surface area contributed by atoms with Gasteiger partial charge in [-0.15, -0.1) is 0 Å². The molecule has 4 rings (SSSR count). The largest absolute Gasteiger partial charge is 0.367 e. The van der Waals surface area contributed by atoms with Crippen LogP contribution in [-0.4, -0.2) is 31.7 Å². The predicted octanol–water partition coefficient (Wildman–Crippen LogP) is 5.53. The van der Waals surface area contributed by atoms with Crippen molar-refractivity contribution in [3.05, 3.63) is 64.9 Å². The lowest BCUT2D eigenvalue weighted by Crippen LogP contribution is -2.43. The Bertz CT molecular complexity index is 1210. The van der Waals surface area contributed by atoms with Crippen LogP contribution in [-0.2, 0) is 10.0 Å². The third-order valence-corrected chi connectivity index (χ3v) is 7.33. The van der Waals surface area contributed by atoms with E-state index in [-0.39, 0.29) is 17.1 Å². The summed E-state index contributed by atoms with van der Waals surface area (Å²) in [6, 6.07) is 14.2. The number of hydrogen-bond acceptors (Lipinski definition) is 4. The summed E-state index contributed by atoms with van der Waals surface area (Å²) in [4.78, 5) is 4.72. The van der Waals surface area contributed by atoms with Gasteiger partial charge < -0.3 is 5.32 Å². The summed E-state index contributed by atoms with van der Waals surface area (Å²) in [5.74, 6) is 0.273. The number of hydrogen-bond donors (Lipinski definition) is 1. The van der Waals surface area contributed by atoms with Crippen molar-refractivity contribution in [3.63, 3.8) is 0 Å². The first-order chi connectivity index (χ1) is 14.7. The molecule has 0 unspecified atom stereocenters. The fraction of sp³-hybridized carbons (Fsp3) is 0.348. The van der Waals surface area contributed by atoms with Gasteiger partial charge in [0.2, 0.25) is 10.0 Å². The first-order valence-corrected chi connectivity index (χ1v) is 12.5. The highest BCUT2D eigenvalue weighted by atomic mass is 35.5. The highest BCUT2D eigenvalue weighted by Crippen LogP contribution is 2.33. The molecular formula is C23H25ClFN3O2S. The summed E-state index contributed by atoms with van der Waals surface area (Å²) in [5.41, 5.74) is 2.52. The van der Waals surface area contributed by atoms with E-state index in [1.54, 1.807) is 0 Å². The molecule has 8 heteroatoms. The van der Waals surface area contributed by atoms with Crippen molar-refractivity contribution in [2.75, 3.05) is 15.9 Å². The number of aromatic nitrogens is 1. The van der Waals surface area contributed by atoms with Gasteiger partial charge in [-0.3, -0.25) is 4.31 Å². The number of benzene rings is 2. The van der Waals surface area contributed by atoms with E-state index in [1.165, 1.54) is 34.3 Å². The number of anilines is 2. The molecule has 1 aliphatic carbocycles. The maximum atomic E-state index is 13.6. The molecular weight excluding hydrogens is 437 g/mol. The molecule has 0 radical (unpaired) electrons. The molecule has 1 fully saturated rings. The highest BCUT2D eigenvalue weighted by molar-refractivity contribution is 7.92. The van der Waals surface area contributed by atoms with Crippen LogP contribution in [0.15, 0.2) is 48.5 Å². The Labute approximate surface area is 187 Å². The van der Waals surface area contributed by atoms with Crippen molar-refractivity contribution in [1.29, 1.82) is 0 Å². The Morgan fingerprint density at radius 1 is 1.10 bits per heavy atom. The van der Waals surface area contributed by atoms with Gasteiger partial charge >= 0.3 is 0 Å². The van der Waals surface area contributed by atoms with Gasteiger partial charge in [0.15, 0.2) is 0 Å². The molecule has 2 aromatic carbocycles. The number of sulfonamides is 1. The number of fused-ring (bicyclic) bond motifs is 1. The van der Waals surface area contributed by atoms with Gasteiger partial charge in [0.1, 0.15) is 11.6 Å². The molecule has 1 heterocycles. The van der Waals surface area contributed by atoms with Crippen molar-refractivity contribution in [3.8, 4) is 0 Å². The molecule has 3 aromatic rings. The molecule has 0 aliphatic heterocycles. The average Bonchev–Trinajstić information content (AvgIpc) is 2.71. The van der Waals surface area contributed by atoms with E-state index in [1.807, 2.05) is 18.2 Å². The number of nitrogens with one attached hydrogen (secondary N) is 1. The maximum Gasteiger partial charge on any atom is 0.232 e. The van der Waals surface area contributed by atoms with E-state index in [9.17, 15) is 12.8 Å². The molecule has 5 nitrogen and oxygen atoms in total. The van der Waals surface area contributed by atoms with Crippen LogP contribution in [0.2, 0.25) is 5.02 Å². The molecule has 1 N–H and O–H groups in total. The number of rotatable bonds is 5. The summed E-state index contributed by atoms with van der Waals surface area (Å²) < 4.78 is 40.0. The van der Waals surface area contributed by atoms with E-state index in [4.69, 9.17) is 16.6 Å². The van der Waals surface area contributed by atoms with Crippen molar-refractivity contribution in [1.82, 2.24) is 4.98 Å². The smallest absolute Gasteiger partial charge is 0.232 e. The summed E-state index contributed by atoms with van der Waals surface area (Å²) >= 11 is 5.90. The van der Waals surface area contributed by atoms with E-state index in [0.29, 0.717) is 18.5 Å². The van der Waals surface area contributed by atoms with Gasteiger partial charge in [-0.1, -0.05) is 29.8 Å². The second-order valence-electron chi connectivity index (χ2n) is 8.15. The molecule has 0 saturated heterocycles. The summed E-state index contributed by atoms with van der Waals surface area (Å²) in [6.07, 6.45) is 4.16. The lowest BCUT2D eigenvalue weighted by atomic mass is 9.91. The lowest BCUT2D eigenvalue weighted by Gasteiger charge is -2.37. The lowest BCUT2D eigenvalue weighted by molar-refractivity contribution is 0.409. The molecule has 0 atom stereocenters. The van der Waals surface area contributed by atoms with Crippen LogP contribution in [0, 0.1) is 12.7 Å². The highest BCUT2D eigenvalue weighted by Gasteiger charge is 2.31. The molecule has 1 saturated carbocycles. The number of nitrogens with zero attached hydrogens (tertiary/aromatic N) is 2. The summed E-state index contributed by atoms with van der Waals surface area (Å²) in [7, 11) is -3.53. The first-order valence-electron chi connectivity index (χ1n) is 10.3. The van der Waals surface area contributed by atoms with Crippen LogP contribution in [0.3, 0.4) is 0 Å². The maximum absolute atomic E-state index is 13.6. The fourth-order valence-electron chi connectivity index (χ4n) is 4.38. The topological polar surface area (TPSA) is 62.3 Å². The minimum absolute atomic E-state index is 0.0840. The van der Waals surface area contributed by atoms with Crippen molar-refractivity contribution < 1.29 is 12.8 Å². The van der Waals surface area contributed by atoms with Gasteiger partial charge in [0, 0.05) is 17.5 Å². The number of pyridine rings is 1. The Hall–Kier alpha value is -2.38.